The second-order valence-corrected chi connectivity index (χ2v) is 7.35. The van der Waals surface area contributed by atoms with Crippen LogP contribution in [0.1, 0.15) is 12.2 Å². The van der Waals surface area contributed by atoms with Crippen molar-refractivity contribution in [2.45, 2.75) is 19.3 Å². The van der Waals surface area contributed by atoms with Gasteiger partial charge in [-0.2, -0.15) is 0 Å². The van der Waals surface area contributed by atoms with E-state index in [-0.39, 0.29) is 19.5 Å². The number of imidazole rings is 1. The molecule has 9 heteroatoms. The molecule has 0 amide bonds. The Morgan fingerprint density at radius 2 is 2.07 bits per heavy atom. The molecule has 5 rings (SSSR count). The molecule has 1 aliphatic rings. The topological polar surface area (TPSA) is 80.1 Å². The highest BCUT2D eigenvalue weighted by Gasteiger charge is 2.38. The van der Waals surface area contributed by atoms with E-state index in [9.17, 15) is 8.78 Å². The van der Waals surface area contributed by atoms with Gasteiger partial charge in [0.05, 0.1) is 20.0 Å². The number of aromatic amines is 1. The van der Waals surface area contributed by atoms with Gasteiger partial charge in [0.15, 0.2) is 17.2 Å². The van der Waals surface area contributed by atoms with Gasteiger partial charge in [0.2, 0.25) is 0 Å². The van der Waals surface area contributed by atoms with Crippen LogP contribution in [0, 0.1) is 6.92 Å². The number of rotatable bonds is 4. The first-order valence-corrected chi connectivity index (χ1v) is 9.52. The molecule has 0 spiro atoms. The van der Waals surface area contributed by atoms with Gasteiger partial charge in [0.25, 0.3) is 5.92 Å². The molecule has 0 radical (unpaired) electrons. The Bertz CT molecular complexity index is 1230. The quantitative estimate of drug-likeness (QED) is 0.535. The molecule has 1 N–H and O–H groups in total. The first-order chi connectivity index (χ1) is 14.4. The van der Waals surface area contributed by atoms with Crippen molar-refractivity contribution in [1.29, 1.82) is 0 Å². The highest BCUT2D eigenvalue weighted by atomic mass is 19.3. The molecular formula is C21H19F2N5O2. The molecule has 154 valence electrons. The van der Waals surface area contributed by atoms with Gasteiger partial charge in [0.1, 0.15) is 22.7 Å². The number of H-pyrrole nitrogens is 1. The van der Waals surface area contributed by atoms with Crippen LogP contribution in [0.15, 0.2) is 41.1 Å². The van der Waals surface area contributed by atoms with E-state index >= 15 is 0 Å². The normalized spacial score (nSPS) is 15.8. The number of fused-ring (bicyclic) bond motifs is 1. The van der Waals surface area contributed by atoms with Crippen LogP contribution in [0.25, 0.3) is 34.0 Å². The van der Waals surface area contributed by atoms with Crippen LogP contribution in [0.5, 0.6) is 5.75 Å². The summed E-state index contributed by atoms with van der Waals surface area (Å²) in [5.41, 5.74) is 3.09. The maximum Gasteiger partial charge on any atom is 0.266 e. The zero-order valence-corrected chi connectivity index (χ0v) is 16.4. The number of aromatic nitrogens is 4. The minimum Gasteiger partial charge on any atom is -0.497 e. The number of halogens is 2. The number of hydrogen-bond acceptors (Lipinski definition) is 6. The van der Waals surface area contributed by atoms with Crippen molar-refractivity contribution in [3.8, 4) is 28.6 Å². The Morgan fingerprint density at radius 3 is 2.77 bits per heavy atom. The van der Waals surface area contributed by atoms with Gasteiger partial charge in [-0.3, -0.25) is 0 Å². The number of nitrogens with one attached hydrogen (secondary N) is 1. The summed E-state index contributed by atoms with van der Waals surface area (Å²) in [6.07, 6.45) is 1.38. The lowest BCUT2D eigenvalue weighted by molar-refractivity contribution is 0.0257. The average molecular weight is 411 g/mol. The van der Waals surface area contributed by atoms with Gasteiger partial charge in [0, 0.05) is 30.3 Å². The monoisotopic (exact) mass is 411 g/mol. The molecule has 7 nitrogen and oxygen atoms in total. The molecule has 0 bridgehead atoms. The lowest BCUT2D eigenvalue weighted by Gasteiger charge is -2.20. The predicted molar refractivity (Wildman–Crippen MR) is 108 cm³/mol. The van der Waals surface area contributed by atoms with Gasteiger partial charge >= 0.3 is 0 Å². The summed E-state index contributed by atoms with van der Waals surface area (Å²) >= 11 is 0. The molecule has 3 aromatic heterocycles. The Hall–Kier alpha value is -3.49. The van der Waals surface area contributed by atoms with E-state index in [4.69, 9.17) is 14.1 Å². The van der Waals surface area contributed by atoms with Crippen LogP contribution >= 0.6 is 0 Å². The number of aryl methyl sites for hydroxylation is 1. The fraction of sp³-hybridized carbons (Fsp3) is 0.286. The minimum atomic E-state index is -2.70. The molecule has 30 heavy (non-hydrogen) atoms. The van der Waals surface area contributed by atoms with Gasteiger partial charge < -0.3 is 19.0 Å². The van der Waals surface area contributed by atoms with E-state index in [1.165, 1.54) is 0 Å². The maximum atomic E-state index is 13.8. The molecule has 1 aliphatic heterocycles. The van der Waals surface area contributed by atoms with Crippen molar-refractivity contribution in [2.75, 3.05) is 25.1 Å². The number of ether oxygens (including phenoxy) is 1. The lowest BCUT2D eigenvalue weighted by atomic mass is 10.1. The maximum absolute atomic E-state index is 13.8. The summed E-state index contributed by atoms with van der Waals surface area (Å²) in [5, 5.41) is 0. The van der Waals surface area contributed by atoms with Crippen LogP contribution in [-0.2, 0) is 0 Å². The number of hydrogen-bond donors (Lipinski definition) is 1. The van der Waals surface area contributed by atoms with Crippen LogP contribution in [0.3, 0.4) is 0 Å². The molecule has 4 aromatic rings. The van der Waals surface area contributed by atoms with Crippen molar-refractivity contribution in [3.05, 3.63) is 42.4 Å². The first-order valence-electron chi connectivity index (χ1n) is 9.52. The molecular weight excluding hydrogens is 392 g/mol. The number of furan rings is 1. The number of anilines is 1. The summed E-state index contributed by atoms with van der Waals surface area (Å²) in [7, 11) is 1.55. The van der Waals surface area contributed by atoms with Crippen molar-refractivity contribution in [1.82, 2.24) is 19.9 Å². The average Bonchev–Trinajstić information content (AvgIpc) is 3.46. The second-order valence-electron chi connectivity index (χ2n) is 7.35. The van der Waals surface area contributed by atoms with E-state index in [0.29, 0.717) is 45.4 Å². The molecule has 1 fully saturated rings. The van der Waals surface area contributed by atoms with Crippen LogP contribution in [-0.4, -0.2) is 46.1 Å². The second kappa shape index (κ2) is 6.79. The smallest absolute Gasteiger partial charge is 0.266 e. The Morgan fingerprint density at radius 1 is 1.20 bits per heavy atom. The molecule has 0 unspecified atom stereocenters. The van der Waals surface area contributed by atoms with Gasteiger partial charge in [-0.15, -0.1) is 0 Å². The number of benzene rings is 1. The molecule has 1 aromatic carbocycles. The Kier molecular flexibility index (Phi) is 4.19. The summed E-state index contributed by atoms with van der Waals surface area (Å²) < 4.78 is 38.7. The van der Waals surface area contributed by atoms with E-state index in [2.05, 4.69) is 15.0 Å². The van der Waals surface area contributed by atoms with Crippen LogP contribution < -0.4 is 9.64 Å². The minimum absolute atomic E-state index is 0.167. The first kappa shape index (κ1) is 18.5. The van der Waals surface area contributed by atoms with E-state index in [1.807, 2.05) is 25.1 Å². The fourth-order valence-electron chi connectivity index (χ4n) is 3.68. The summed E-state index contributed by atoms with van der Waals surface area (Å²) in [5.74, 6) is -0.468. The zero-order chi connectivity index (χ0) is 20.9. The Balaban J connectivity index is 1.66. The van der Waals surface area contributed by atoms with Crippen molar-refractivity contribution in [2.24, 2.45) is 0 Å². The summed E-state index contributed by atoms with van der Waals surface area (Å²) in [4.78, 5) is 18.2. The van der Waals surface area contributed by atoms with Crippen LogP contribution in [0.4, 0.5) is 14.5 Å². The summed E-state index contributed by atoms with van der Waals surface area (Å²) in [6.45, 7) is 1.80. The van der Waals surface area contributed by atoms with E-state index < -0.39 is 5.92 Å². The van der Waals surface area contributed by atoms with Crippen molar-refractivity contribution in [3.63, 3.8) is 0 Å². The third kappa shape index (κ3) is 3.26. The van der Waals surface area contributed by atoms with E-state index in [1.54, 1.807) is 30.5 Å². The van der Waals surface area contributed by atoms with Gasteiger partial charge in [-0.1, -0.05) is 0 Å². The highest BCUT2D eigenvalue weighted by Crippen LogP contribution is 2.37. The highest BCUT2D eigenvalue weighted by molar-refractivity contribution is 5.89. The summed E-state index contributed by atoms with van der Waals surface area (Å²) in [6, 6.07) is 9.05. The zero-order valence-electron chi connectivity index (χ0n) is 16.4. The molecule has 0 saturated carbocycles. The standard InChI is InChI=1S/C21H19F2N5O2/c1-12-3-4-16(30-12)19-26-17(18-20(27-19)25-11-24-18)13-7-14(9-15(8-13)29-2)28-6-5-21(22,23)10-28/h3-4,7-9,11H,5-6,10H2,1-2H3,(H,24,25,26,27). The molecule has 0 atom stereocenters. The number of methoxy groups -OCH3 is 1. The SMILES string of the molecule is COc1cc(-c2nc(-c3ccc(C)o3)nc3nc[nH]c23)cc(N2CCC(F)(F)C2)c1. The van der Waals surface area contributed by atoms with Crippen LogP contribution in [0.2, 0.25) is 0 Å². The lowest BCUT2D eigenvalue weighted by Crippen LogP contribution is -2.24. The number of alkyl halides is 2. The third-order valence-corrected chi connectivity index (χ3v) is 5.18. The van der Waals surface area contributed by atoms with Crippen molar-refractivity contribution < 1.29 is 17.9 Å². The van der Waals surface area contributed by atoms with Gasteiger partial charge in [-0.25, -0.2) is 23.7 Å². The largest absolute Gasteiger partial charge is 0.497 e. The molecule has 1 saturated heterocycles. The molecule has 4 heterocycles. The fourth-order valence-corrected chi connectivity index (χ4v) is 3.68. The molecule has 0 aliphatic carbocycles. The van der Waals surface area contributed by atoms with Gasteiger partial charge in [-0.05, 0) is 31.2 Å². The Labute approximate surface area is 170 Å². The predicted octanol–water partition coefficient (Wildman–Crippen LogP) is 4.44. The van der Waals surface area contributed by atoms with E-state index in [0.717, 1.165) is 5.76 Å². The third-order valence-electron chi connectivity index (χ3n) is 5.18. The van der Waals surface area contributed by atoms with Crippen molar-refractivity contribution >= 4 is 16.9 Å². The number of nitrogens with zero attached hydrogens (tertiary/aromatic N) is 4.